The number of nitrogens with one attached hydrogen (secondary N) is 1. The highest BCUT2D eigenvalue weighted by Gasteiger charge is 2.26. The molecule has 0 aliphatic heterocycles. The van der Waals surface area contributed by atoms with Gasteiger partial charge in [0.25, 0.3) is 0 Å². The molecule has 3 nitrogen and oxygen atoms in total. The Balaban J connectivity index is 1.83. The molecule has 0 unspecified atom stereocenters. The van der Waals surface area contributed by atoms with Crippen LogP contribution < -0.4 is 5.32 Å². The summed E-state index contributed by atoms with van der Waals surface area (Å²) in [5, 5.41) is 24.8. The van der Waals surface area contributed by atoms with Gasteiger partial charge in [0, 0.05) is 18.2 Å². The first-order chi connectivity index (χ1) is 8.74. The van der Waals surface area contributed by atoms with Crippen LogP contribution in [0, 0.1) is 0 Å². The maximum absolute atomic E-state index is 9.97. The Bertz CT molecular complexity index is 561. The zero-order valence-electron chi connectivity index (χ0n) is 10.1. The lowest BCUT2D eigenvalue weighted by molar-refractivity contribution is 0.0619. The summed E-state index contributed by atoms with van der Waals surface area (Å²) in [5.41, 5.74) is 0.939. The minimum atomic E-state index is -0.149. The largest absolute Gasteiger partial charge is 0.508 e. The summed E-state index contributed by atoms with van der Waals surface area (Å²) in [7, 11) is 0. The van der Waals surface area contributed by atoms with Gasteiger partial charge < -0.3 is 15.5 Å². The lowest BCUT2D eigenvalue weighted by atomic mass is 9.89. The molecule has 3 rings (SSSR count). The van der Waals surface area contributed by atoms with Crippen molar-refractivity contribution in [3.63, 3.8) is 0 Å². The van der Waals surface area contributed by atoms with Gasteiger partial charge in [-0.1, -0.05) is 30.3 Å². The third-order valence-corrected chi connectivity index (χ3v) is 3.70. The Morgan fingerprint density at radius 2 is 1.89 bits per heavy atom. The fourth-order valence-corrected chi connectivity index (χ4v) is 2.51. The van der Waals surface area contributed by atoms with Crippen LogP contribution in [0.15, 0.2) is 36.4 Å². The van der Waals surface area contributed by atoms with Crippen LogP contribution in [-0.2, 0) is 6.54 Å². The van der Waals surface area contributed by atoms with Gasteiger partial charge >= 0.3 is 0 Å². The number of rotatable bonds is 3. The van der Waals surface area contributed by atoms with Crippen LogP contribution in [0.4, 0.5) is 0 Å². The predicted molar refractivity (Wildman–Crippen MR) is 71.5 cm³/mol. The van der Waals surface area contributed by atoms with E-state index in [0.717, 1.165) is 29.2 Å². The number of fused-ring (bicyclic) bond motifs is 1. The maximum atomic E-state index is 9.97. The average molecular weight is 243 g/mol. The van der Waals surface area contributed by atoms with Crippen molar-refractivity contribution < 1.29 is 10.2 Å². The molecule has 2 aromatic carbocycles. The van der Waals surface area contributed by atoms with E-state index in [1.54, 1.807) is 6.07 Å². The van der Waals surface area contributed by atoms with Gasteiger partial charge in [0.05, 0.1) is 6.10 Å². The molecule has 1 aliphatic rings. The lowest BCUT2D eigenvalue weighted by Gasteiger charge is -2.32. The Morgan fingerprint density at radius 1 is 1.11 bits per heavy atom. The Hall–Kier alpha value is -1.58. The second-order valence-electron chi connectivity index (χ2n) is 4.99. The van der Waals surface area contributed by atoms with Crippen LogP contribution in [-0.4, -0.2) is 22.4 Å². The summed E-state index contributed by atoms with van der Waals surface area (Å²) in [5.74, 6) is 0.334. The Kier molecular flexibility index (Phi) is 2.94. The Labute approximate surface area is 106 Å². The molecule has 0 amide bonds. The van der Waals surface area contributed by atoms with Crippen molar-refractivity contribution in [2.45, 2.75) is 31.5 Å². The van der Waals surface area contributed by atoms with Gasteiger partial charge in [-0.2, -0.15) is 0 Å². The first-order valence-corrected chi connectivity index (χ1v) is 6.35. The standard InChI is InChI=1S/C15H17NO2/c17-12-7-11(8-12)16-9-14-13-4-2-1-3-10(13)5-6-15(14)18/h1-6,11-12,16-18H,7-9H2. The quantitative estimate of drug-likeness (QED) is 0.774. The summed E-state index contributed by atoms with van der Waals surface area (Å²) in [4.78, 5) is 0. The number of phenols is 1. The molecule has 0 spiro atoms. The van der Waals surface area contributed by atoms with Gasteiger partial charge in [-0.05, 0) is 29.7 Å². The minimum absolute atomic E-state index is 0.149. The fourth-order valence-electron chi connectivity index (χ4n) is 2.51. The van der Waals surface area contributed by atoms with E-state index in [1.807, 2.05) is 30.3 Å². The SMILES string of the molecule is Oc1ccc2ccccc2c1CNC1CC(O)C1. The highest BCUT2D eigenvalue weighted by atomic mass is 16.3. The molecule has 1 aliphatic carbocycles. The fraction of sp³-hybridized carbons (Fsp3) is 0.333. The summed E-state index contributed by atoms with van der Waals surface area (Å²) < 4.78 is 0. The van der Waals surface area contributed by atoms with Crippen LogP contribution in [0.25, 0.3) is 10.8 Å². The highest BCUT2D eigenvalue weighted by molar-refractivity contribution is 5.87. The second-order valence-corrected chi connectivity index (χ2v) is 4.99. The first kappa shape index (κ1) is 11.5. The summed E-state index contributed by atoms with van der Waals surface area (Å²) in [6.45, 7) is 0.643. The molecule has 1 saturated carbocycles. The average Bonchev–Trinajstić information content (AvgIpc) is 2.35. The second kappa shape index (κ2) is 4.59. The summed E-state index contributed by atoms with van der Waals surface area (Å²) >= 11 is 0. The van der Waals surface area contributed by atoms with Gasteiger partial charge in [0.15, 0.2) is 0 Å². The molecule has 3 N–H and O–H groups in total. The molecule has 0 atom stereocenters. The van der Waals surface area contributed by atoms with Crippen molar-refractivity contribution in [1.82, 2.24) is 5.32 Å². The van der Waals surface area contributed by atoms with E-state index in [4.69, 9.17) is 0 Å². The van der Waals surface area contributed by atoms with Crippen LogP contribution in [0.3, 0.4) is 0 Å². The van der Waals surface area contributed by atoms with Gasteiger partial charge in [-0.3, -0.25) is 0 Å². The number of benzene rings is 2. The Morgan fingerprint density at radius 3 is 2.67 bits per heavy atom. The number of hydrogen-bond donors (Lipinski definition) is 3. The molecule has 94 valence electrons. The predicted octanol–water partition coefficient (Wildman–Crippen LogP) is 2.16. The van der Waals surface area contributed by atoms with Crippen LogP contribution in [0.5, 0.6) is 5.75 Å². The first-order valence-electron chi connectivity index (χ1n) is 6.35. The van der Waals surface area contributed by atoms with Gasteiger partial charge in [0.1, 0.15) is 5.75 Å². The van der Waals surface area contributed by atoms with Gasteiger partial charge in [-0.15, -0.1) is 0 Å². The maximum Gasteiger partial charge on any atom is 0.120 e. The van der Waals surface area contributed by atoms with Crippen molar-refractivity contribution in [2.75, 3.05) is 0 Å². The van der Waals surface area contributed by atoms with Crippen molar-refractivity contribution in [3.8, 4) is 5.75 Å². The van der Waals surface area contributed by atoms with E-state index in [0.29, 0.717) is 18.3 Å². The van der Waals surface area contributed by atoms with Crippen molar-refractivity contribution in [2.24, 2.45) is 0 Å². The molecule has 0 saturated heterocycles. The smallest absolute Gasteiger partial charge is 0.120 e. The zero-order valence-corrected chi connectivity index (χ0v) is 10.1. The topological polar surface area (TPSA) is 52.5 Å². The number of aliphatic hydroxyl groups excluding tert-OH is 1. The minimum Gasteiger partial charge on any atom is -0.508 e. The monoisotopic (exact) mass is 243 g/mol. The van der Waals surface area contributed by atoms with E-state index < -0.39 is 0 Å². The van der Waals surface area contributed by atoms with Crippen LogP contribution >= 0.6 is 0 Å². The lowest BCUT2D eigenvalue weighted by Crippen LogP contribution is -2.43. The third-order valence-electron chi connectivity index (χ3n) is 3.70. The molecule has 0 radical (unpaired) electrons. The molecular weight excluding hydrogens is 226 g/mol. The van der Waals surface area contributed by atoms with E-state index in [9.17, 15) is 10.2 Å². The number of aliphatic hydroxyl groups is 1. The molecule has 0 bridgehead atoms. The molecule has 18 heavy (non-hydrogen) atoms. The molecule has 2 aromatic rings. The summed E-state index contributed by atoms with van der Waals surface area (Å²) in [6, 6.07) is 12.1. The number of aromatic hydroxyl groups is 1. The van der Waals surface area contributed by atoms with Gasteiger partial charge in [0.2, 0.25) is 0 Å². The third kappa shape index (κ3) is 2.07. The zero-order chi connectivity index (χ0) is 12.5. The van der Waals surface area contributed by atoms with Crippen molar-refractivity contribution in [1.29, 1.82) is 0 Å². The number of hydrogen-bond acceptors (Lipinski definition) is 3. The van der Waals surface area contributed by atoms with Crippen LogP contribution in [0.2, 0.25) is 0 Å². The van der Waals surface area contributed by atoms with E-state index in [1.165, 1.54) is 0 Å². The molecule has 0 heterocycles. The number of phenolic OH excluding ortho intramolecular Hbond substituents is 1. The van der Waals surface area contributed by atoms with E-state index >= 15 is 0 Å². The van der Waals surface area contributed by atoms with Crippen molar-refractivity contribution >= 4 is 10.8 Å². The summed E-state index contributed by atoms with van der Waals surface area (Å²) in [6.07, 6.45) is 1.47. The molecule has 3 heteroatoms. The van der Waals surface area contributed by atoms with E-state index in [2.05, 4.69) is 5.32 Å². The van der Waals surface area contributed by atoms with Crippen molar-refractivity contribution in [3.05, 3.63) is 42.0 Å². The molecular formula is C15H17NO2. The molecule has 0 aromatic heterocycles. The molecule has 1 fully saturated rings. The normalized spacial score (nSPS) is 22.9. The van der Waals surface area contributed by atoms with Crippen LogP contribution in [0.1, 0.15) is 18.4 Å². The highest BCUT2D eigenvalue weighted by Crippen LogP contribution is 2.28. The van der Waals surface area contributed by atoms with Gasteiger partial charge in [-0.25, -0.2) is 0 Å². The van der Waals surface area contributed by atoms with E-state index in [-0.39, 0.29) is 6.10 Å².